The van der Waals surface area contributed by atoms with Crippen LogP contribution in [0.25, 0.3) is 10.8 Å². The van der Waals surface area contributed by atoms with E-state index in [1.165, 1.54) is 12.1 Å². The van der Waals surface area contributed by atoms with Crippen LogP contribution in [0.2, 0.25) is 0 Å². The van der Waals surface area contributed by atoms with E-state index in [4.69, 9.17) is 0 Å². The SMILES string of the molecule is O=C(Cc1ccccc1F)Nc1ccc(O)c2ccccc12. The summed E-state index contributed by atoms with van der Waals surface area (Å²) in [4.78, 5) is 12.1. The third-order valence-electron chi connectivity index (χ3n) is 3.48. The molecule has 0 bridgehead atoms. The molecule has 1 amide bonds. The molecular weight excluding hydrogens is 281 g/mol. The van der Waals surface area contributed by atoms with E-state index in [9.17, 15) is 14.3 Å². The number of aromatic hydroxyl groups is 1. The fraction of sp³-hybridized carbons (Fsp3) is 0.0556. The Labute approximate surface area is 127 Å². The predicted octanol–water partition coefficient (Wildman–Crippen LogP) is 3.87. The van der Waals surface area contributed by atoms with E-state index in [-0.39, 0.29) is 18.1 Å². The normalized spacial score (nSPS) is 10.6. The zero-order valence-electron chi connectivity index (χ0n) is 11.7. The van der Waals surface area contributed by atoms with Gasteiger partial charge in [-0.1, -0.05) is 42.5 Å². The first kappa shape index (κ1) is 14.1. The zero-order valence-corrected chi connectivity index (χ0v) is 11.7. The van der Waals surface area contributed by atoms with Crippen LogP contribution in [0.4, 0.5) is 10.1 Å². The van der Waals surface area contributed by atoms with E-state index in [2.05, 4.69) is 5.32 Å². The van der Waals surface area contributed by atoms with Crippen LogP contribution in [0.5, 0.6) is 5.75 Å². The Hall–Kier alpha value is -2.88. The fourth-order valence-corrected chi connectivity index (χ4v) is 2.40. The number of nitrogens with one attached hydrogen (secondary N) is 1. The maximum Gasteiger partial charge on any atom is 0.228 e. The smallest absolute Gasteiger partial charge is 0.228 e. The van der Waals surface area contributed by atoms with Gasteiger partial charge in [0.15, 0.2) is 0 Å². The highest BCUT2D eigenvalue weighted by Crippen LogP contribution is 2.30. The van der Waals surface area contributed by atoms with Gasteiger partial charge < -0.3 is 10.4 Å². The summed E-state index contributed by atoms with van der Waals surface area (Å²) in [5.74, 6) is -0.545. The van der Waals surface area contributed by atoms with Gasteiger partial charge in [0.2, 0.25) is 5.91 Å². The fourth-order valence-electron chi connectivity index (χ4n) is 2.40. The molecular formula is C18H14FNO2. The third-order valence-corrected chi connectivity index (χ3v) is 3.48. The second kappa shape index (κ2) is 5.85. The molecule has 0 aromatic heterocycles. The molecule has 4 heteroatoms. The number of carbonyl (C=O) groups excluding carboxylic acids is 1. The molecule has 0 aliphatic carbocycles. The number of hydrogen-bond donors (Lipinski definition) is 2. The zero-order chi connectivity index (χ0) is 15.5. The minimum absolute atomic E-state index is 0.0398. The van der Waals surface area contributed by atoms with Crippen LogP contribution in [0.3, 0.4) is 0 Å². The third kappa shape index (κ3) is 2.76. The molecule has 0 spiro atoms. The van der Waals surface area contributed by atoms with Gasteiger partial charge in [0.25, 0.3) is 0 Å². The molecule has 3 aromatic carbocycles. The molecule has 0 heterocycles. The van der Waals surface area contributed by atoms with Crippen molar-refractivity contribution in [3.05, 3.63) is 72.0 Å². The highest BCUT2D eigenvalue weighted by atomic mass is 19.1. The van der Waals surface area contributed by atoms with Gasteiger partial charge in [-0.15, -0.1) is 0 Å². The monoisotopic (exact) mass is 295 g/mol. The number of amides is 1. The number of hydrogen-bond acceptors (Lipinski definition) is 2. The van der Waals surface area contributed by atoms with Crippen molar-refractivity contribution in [3.8, 4) is 5.75 Å². The lowest BCUT2D eigenvalue weighted by Crippen LogP contribution is -2.15. The van der Waals surface area contributed by atoms with Crippen LogP contribution in [0, 0.1) is 5.82 Å². The van der Waals surface area contributed by atoms with Crippen LogP contribution in [-0.4, -0.2) is 11.0 Å². The molecule has 2 N–H and O–H groups in total. The van der Waals surface area contributed by atoms with Gasteiger partial charge >= 0.3 is 0 Å². The molecule has 0 saturated heterocycles. The molecule has 22 heavy (non-hydrogen) atoms. The standard InChI is InChI=1S/C18H14FNO2/c19-15-8-4-1-5-12(15)11-18(22)20-16-9-10-17(21)14-7-3-2-6-13(14)16/h1-10,21H,11H2,(H,20,22). The van der Waals surface area contributed by atoms with Crippen LogP contribution >= 0.6 is 0 Å². The summed E-state index contributed by atoms with van der Waals surface area (Å²) in [6.45, 7) is 0. The summed E-state index contributed by atoms with van der Waals surface area (Å²) in [5, 5.41) is 14.0. The summed E-state index contributed by atoms with van der Waals surface area (Å²) in [7, 11) is 0. The molecule has 3 nitrogen and oxygen atoms in total. The molecule has 0 fully saturated rings. The molecule has 0 saturated carbocycles. The number of rotatable bonds is 3. The van der Waals surface area contributed by atoms with Gasteiger partial charge in [-0.2, -0.15) is 0 Å². The van der Waals surface area contributed by atoms with Crippen molar-refractivity contribution in [2.24, 2.45) is 0 Å². The Kier molecular flexibility index (Phi) is 3.74. The number of benzene rings is 3. The Morgan fingerprint density at radius 2 is 1.64 bits per heavy atom. The quantitative estimate of drug-likeness (QED) is 0.721. The van der Waals surface area contributed by atoms with E-state index in [0.29, 0.717) is 16.6 Å². The minimum atomic E-state index is -0.395. The number of carbonyl (C=O) groups is 1. The number of fused-ring (bicyclic) bond motifs is 1. The predicted molar refractivity (Wildman–Crippen MR) is 84.3 cm³/mol. The summed E-state index contributed by atoms with van der Waals surface area (Å²) >= 11 is 0. The van der Waals surface area contributed by atoms with Crippen molar-refractivity contribution in [2.75, 3.05) is 5.32 Å². The van der Waals surface area contributed by atoms with Crippen LogP contribution < -0.4 is 5.32 Å². The van der Waals surface area contributed by atoms with E-state index >= 15 is 0 Å². The van der Waals surface area contributed by atoms with E-state index < -0.39 is 5.82 Å². The highest BCUT2D eigenvalue weighted by molar-refractivity contribution is 6.04. The number of phenols is 1. The van der Waals surface area contributed by atoms with E-state index in [0.717, 1.165) is 5.39 Å². The molecule has 0 aliphatic rings. The summed E-state index contributed by atoms with van der Waals surface area (Å²) in [5.41, 5.74) is 0.942. The first-order chi connectivity index (χ1) is 10.6. The number of halogens is 1. The topological polar surface area (TPSA) is 49.3 Å². The van der Waals surface area contributed by atoms with Gasteiger partial charge in [0.05, 0.1) is 6.42 Å². The van der Waals surface area contributed by atoms with Gasteiger partial charge in [0.1, 0.15) is 11.6 Å². The van der Waals surface area contributed by atoms with Crippen molar-refractivity contribution in [1.82, 2.24) is 0 Å². The van der Waals surface area contributed by atoms with Crippen LogP contribution in [0.1, 0.15) is 5.56 Å². The van der Waals surface area contributed by atoms with Gasteiger partial charge in [0, 0.05) is 16.5 Å². The maximum atomic E-state index is 13.6. The maximum absolute atomic E-state index is 13.6. The molecule has 0 radical (unpaired) electrons. The van der Waals surface area contributed by atoms with E-state index in [1.807, 2.05) is 18.2 Å². The molecule has 0 aliphatic heterocycles. The van der Waals surface area contributed by atoms with Crippen LogP contribution in [-0.2, 0) is 11.2 Å². The van der Waals surface area contributed by atoms with Gasteiger partial charge in [-0.3, -0.25) is 4.79 Å². The van der Waals surface area contributed by atoms with Crippen molar-refractivity contribution in [1.29, 1.82) is 0 Å². The lowest BCUT2D eigenvalue weighted by molar-refractivity contribution is -0.115. The van der Waals surface area contributed by atoms with E-state index in [1.54, 1.807) is 30.3 Å². The van der Waals surface area contributed by atoms with Gasteiger partial charge in [-0.05, 0) is 23.8 Å². The lowest BCUT2D eigenvalue weighted by atomic mass is 10.1. The lowest BCUT2D eigenvalue weighted by Gasteiger charge is -2.10. The van der Waals surface area contributed by atoms with Crippen molar-refractivity contribution >= 4 is 22.4 Å². The second-order valence-electron chi connectivity index (χ2n) is 4.99. The average Bonchev–Trinajstić information content (AvgIpc) is 2.53. The Morgan fingerprint density at radius 1 is 0.955 bits per heavy atom. The molecule has 3 aromatic rings. The number of anilines is 1. The largest absolute Gasteiger partial charge is 0.507 e. The molecule has 0 unspecified atom stereocenters. The first-order valence-corrected chi connectivity index (χ1v) is 6.89. The number of phenolic OH excluding ortho intramolecular Hbond substituents is 1. The first-order valence-electron chi connectivity index (χ1n) is 6.89. The Balaban J connectivity index is 1.86. The van der Waals surface area contributed by atoms with Gasteiger partial charge in [-0.25, -0.2) is 4.39 Å². The molecule has 110 valence electrons. The highest BCUT2D eigenvalue weighted by Gasteiger charge is 2.10. The Bertz CT molecular complexity index is 845. The minimum Gasteiger partial charge on any atom is -0.507 e. The van der Waals surface area contributed by atoms with Crippen molar-refractivity contribution < 1.29 is 14.3 Å². The summed E-state index contributed by atoms with van der Waals surface area (Å²) in [6.07, 6.45) is -0.0398. The molecule has 3 rings (SSSR count). The van der Waals surface area contributed by atoms with Crippen molar-refractivity contribution in [3.63, 3.8) is 0 Å². The van der Waals surface area contributed by atoms with Crippen LogP contribution in [0.15, 0.2) is 60.7 Å². The second-order valence-corrected chi connectivity index (χ2v) is 4.99. The average molecular weight is 295 g/mol. The molecule has 0 atom stereocenters. The summed E-state index contributed by atoms with van der Waals surface area (Å²) < 4.78 is 13.6. The Morgan fingerprint density at radius 3 is 2.41 bits per heavy atom. The summed E-state index contributed by atoms with van der Waals surface area (Å²) in [6, 6.07) is 16.6. The van der Waals surface area contributed by atoms with Crippen molar-refractivity contribution in [2.45, 2.75) is 6.42 Å².